The molecule has 0 atom stereocenters. The summed E-state index contributed by atoms with van der Waals surface area (Å²) in [5.41, 5.74) is 10.4. The number of carbonyl (C=O) groups is 1. The Morgan fingerprint density at radius 1 is 1.05 bits per heavy atom. The number of hydrogen-bond donors (Lipinski definition) is 0. The third-order valence-corrected chi connectivity index (χ3v) is 2.57. The van der Waals surface area contributed by atoms with Gasteiger partial charge in [-0.1, -0.05) is 35.9 Å². The number of carbonyl (C=O) groups excluding carboxylic acids is 1. The van der Waals surface area contributed by atoms with Gasteiger partial charge in [0, 0.05) is 0 Å². The van der Waals surface area contributed by atoms with Crippen molar-refractivity contribution >= 4 is 11.7 Å². The van der Waals surface area contributed by atoms with Gasteiger partial charge in [-0.3, -0.25) is 0 Å². The molecule has 0 aromatic heterocycles. The minimum atomic E-state index is -0.697. The van der Waals surface area contributed by atoms with E-state index in [-0.39, 0.29) is 5.71 Å². The molecule has 0 N–H and O–H groups in total. The van der Waals surface area contributed by atoms with E-state index < -0.39 is 5.97 Å². The summed E-state index contributed by atoms with van der Waals surface area (Å²) in [4.78, 5) is 14.9. The summed E-state index contributed by atoms with van der Waals surface area (Å²) < 4.78 is 5.15. The van der Waals surface area contributed by atoms with Crippen LogP contribution in [0.3, 0.4) is 0 Å². The molecular weight excluding hydrogens is 240 g/mol. The van der Waals surface area contributed by atoms with Gasteiger partial charge in [-0.2, -0.15) is 4.79 Å². The van der Waals surface area contributed by atoms with Crippen LogP contribution in [0, 0.1) is 6.92 Å². The maximum absolute atomic E-state index is 11.9. The van der Waals surface area contributed by atoms with Gasteiger partial charge in [0.25, 0.3) is 0 Å². The Kier molecular flexibility index (Phi) is 3.86. The minimum Gasteiger partial charge on any atom is -0.418 e. The van der Waals surface area contributed by atoms with Crippen molar-refractivity contribution in [2.24, 2.45) is 0 Å². The largest absolute Gasteiger partial charge is 0.427 e. The van der Waals surface area contributed by atoms with Crippen molar-refractivity contribution in [1.82, 2.24) is 0 Å². The van der Waals surface area contributed by atoms with Crippen LogP contribution >= 0.6 is 0 Å². The van der Waals surface area contributed by atoms with Gasteiger partial charge in [0.05, 0.1) is 5.56 Å². The molecule has 0 amide bonds. The third-order valence-electron chi connectivity index (χ3n) is 2.57. The maximum Gasteiger partial charge on any atom is 0.427 e. The van der Waals surface area contributed by atoms with E-state index in [4.69, 9.17) is 10.3 Å². The molecule has 0 bridgehead atoms. The molecule has 4 heteroatoms. The summed E-state index contributed by atoms with van der Waals surface area (Å²) >= 11 is 0. The fourth-order valence-corrected chi connectivity index (χ4v) is 1.57. The molecule has 0 saturated heterocycles. The summed E-state index contributed by atoms with van der Waals surface area (Å²) in [6.07, 6.45) is 0. The van der Waals surface area contributed by atoms with Crippen LogP contribution in [-0.4, -0.2) is 16.5 Å². The normalized spacial score (nSPS) is 9.53. The SMILES string of the molecule is Cc1ccc(OC(=O)C(=[N+]=[N-])c2ccccc2)cc1. The van der Waals surface area contributed by atoms with Crippen LogP contribution in [0.5, 0.6) is 5.75 Å². The van der Waals surface area contributed by atoms with E-state index in [0.717, 1.165) is 5.56 Å². The van der Waals surface area contributed by atoms with Crippen LogP contribution in [0.2, 0.25) is 0 Å². The zero-order chi connectivity index (χ0) is 13.7. The maximum atomic E-state index is 11.9. The van der Waals surface area contributed by atoms with Crippen LogP contribution in [0.25, 0.3) is 5.53 Å². The Balaban J connectivity index is 2.19. The lowest BCUT2D eigenvalue weighted by Gasteiger charge is -2.01. The first-order valence-electron chi connectivity index (χ1n) is 5.77. The lowest BCUT2D eigenvalue weighted by Crippen LogP contribution is -2.22. The lowest BCUT2D eigenvalue weighted by molar-refractivity contribution is -0.131. The van der Waals surface area contributed by atoms with Crippen LogP contribution < -0.4 is 4.74 Å². The van der Waals surface area contributed by atoms with Crippen molar-refractivity contribution in [1.29, 1.82) is 0 Å². The van der Waals surface area contributed by atoms with Gasteiger partial charge in [0.1, 0.15) is 5.75 Å². The number of benzene rings is 2. The Morgan fingerprint density at radius 2 is 1.68 bits per heavy atom. The zero-order valence-corrected chi connectivity index (χ0v) is 10.4. The van der Waals surface area contributed by atoms with Crippen molar-refractivity contribution in [3.05, 3.63) is 71.3 Å². The highest BCUT2D eigenvalue weighted by molar-refractivity contribution is 6.41. The van der Waals surface area contributed by atoms with Gasteiger partial charge in [-0.15, -0.1) is 0 Å². The van der Waals surface area contributed by atoms with Crippen LogP contribution in [0.4, 0.5) is 0 Å². The summed E-state index contributed by atoms with van der Waals surface area (Å²) in [6.45, 7) is 1.94. The molecule has 19 heavy (non-hydrogen) atoms. The van der Waals surface area contributed by atoms with E-state index >= 15 is 0 Å². The molecule has 0 spiro atoms. The Bertz CT molecular complexity index is 627. The predicted octanol–water partition coefficient (Wildman–Crippen LogP) is 2.62. The highest BCUT2D eigenvalue weighted by atomic mass is 16.5. The first-order chi connectivity index (χ1) is 9.20. The Morgan fingerprint density at radius 3 is 2.26 bits per heavy atom. The average molecular weight is 252 g/mol. The molecule has 0 heterocycles. The molecule has 94 valence electrons. The van der Waals surface area contributed by atoms with E-state index in [1.807, 2.05) is 25.1 Å². The van der Waals surface area contributed by atoms with Gasteiger partial charge >= 0.3 is 11.7 Å². The number of ether oxygens (including phenoxy) is 1. The second kappa shape index (κ2) is 5.76. The van der Waals surface area contributed by atoms with E-state index in [1.54, 1.807) is 36.4 Å². The van der Waals surface area contributed by atoms with Crippen LogP contribution in [0.15, 0.2) is 54.6 Å². The second-order valence-electron chi connectivity index (χ2n) is 4.02. The molecule has 0 unspecified atom stereocenters. The van der Waals surface area contributed by atoms with Crippen molar-refractivity contribution in [3.63, 3.8) is 0 Å². The number of rotatable bonds is 3. The zero-order valence-electron chi connectivity index (χ0n) is 10.4. The second-order valence-corrected chi connectivity index (χ2v) is 4.02. The fraction of sp³-hybridized carbons (Fsp3) is 0.0667. The smallest absolute Gasteiger partial charge is 0.418 e. The molecule has 0 aliphatic heterocycles. The molecule has 4 nitrogen and oxygen atoms in total. The van der Waals surface area contributed by atoms with Crippen molar-refractivity contribution in [3.8, 4) is 5.75 Å². The lowest BCUT2D eigenvalue weighted by atomic mass is 10.1. The summed E-state index contributed by atoms with van der Waals surface area (Å²) in [7, 11) is 0. The van der Waals surface area contributed by atoms with Gasteiger partial charge in [-0.05, 0) is 31.2 Å². The highest BCUT2D eigenvalue weighted by Gasteiger charge is 2.24. The van der Waals surface area contributed by atoms with Gasteiger partial charge < -0.3 is 10.3 Å². The van der Waals surface area contributed by atoms with Crippen LogP contribution in [0.1, 0.15) is 11.1 Å². The minimum absolute atomic E-state index is 0.124. The first kappa shape index (κ1) is 12.7. The van der Waals surface area contributed by atoms with Gasteiger partial charge in [-0.25, -0.2) is 4.79 Å². The highest BCUT2D eigenvalue weighted by Crippen LogP contribution is 2.12. The standard InChI is InChI=1S/C15H12N2O2/c1-11-7-9-13(10-8-11)19-15(18)14(17-16)12-5-3-2-4-6-12/h2-10H,1H3. The molecule has 0 fully saturated rings. The van der Waals surface area contributed by atoms with Crippen molar-refractivity contribution in [2.75, 3.05) is 0 Å². The molecule has 2 rings (SSSR count). The fourth-order valence-electron chi connectivity index (χ4n) is 1.57. The summed E-state index contributed by atoms with van der Waals surface area (Å²) in [5.74, 6) is -0.287. The average Bonchev–Trinajstić information content (AvgIpc) is 2.43. The van der Waals surface area contributed by atoms with E-state index in [0.29, 0.717) is 11.3 Å². The van der Waals surface area contributed by atoms with Crippen molar-refractivity contribution < 1.29 is 14.3 Å². The third kappa shape index (κ3) is 3.15. The monoisotopic (exact) mass is 252 g/mol. The van der Waals surface area contributed by atoms with Gasteiger partial charge in [0.15, 0.2) is 0 Å². The van der Waals surface area contributed by atoms with E-state index in [1.165, 1.54) is 0 Å². The molecule has 0 aliphatic carbocycles. The summed E-state index contributed by atoms with van der Waals surface area (Å²) in [6, 6.07) is 15.7. The number of hydrogen-bond acceptors (Lipinski definition) is 2. The quantitative estimate of drug-likeness (QED) is 0.277. The van der Waals surface area contributed by atoms with E-state index in [9.17, 15) is 4.79 Å². The summed E-state index contributed by atoms with van der Waals surface area (Å²) in [5, 5.41) is 0. The molecule has 2 aromatic carbocycles. The predicted molar refractivity (Wildman–Crippen MR) is 71.0 cm³/mol. The van der Waals surface area contributed by atoms with Crippen LogP contribution in [-0.2, 0) is 4.79 Å². The Hall–Kier alpha value is -2.71. The van der Waals surface area contributed by atoms with E-state index in [2.05, 4.69) is 4.79 Å². The Labute approximate surface area is 110 Å². The number of esters is 1. The number of aryl methyl sites for hydroxylation is 1. The molecule has 0 saturated carbocycles. The van der Waals surface area contributed by atoms with Crippen molar-refractivity contribution in [2.45, 2.75) is 6.92 Å². The first-order valence-corrected chi connectivity index (χ1v) is 5.77. The molecule has 0 aliphatic rings. The molecular formula is C15H12N2O2. The number of nitrogens with zero attached hydrogens (tertiary/aromatic N) is 2. The topological polar surface area (TPSA) is 62.7 Å². The molecule has 0 radical (unpaired) electrons. The molecule has 2 aromatic rings. The van der Waals surface area contributed by atoms with Gasteiger partial charge in [0.2, 0.25) is 0 Å².